The van der Waals surface area contributed by atoms with Crippen molar-refractivity contribution < 1.29 is 9.59 Å². The minimum absolute atomic E-state index is 0.0350. The summed E-state index contributed by atoms with van der Waals surface area (Å²) >= 11 is 0. The van der Waals surface area contributed by atoms with Gasteiger partial charge in [-0.25, -0.2) is 0 Å². The highest BCUT2D eigenvalue weighted by atomic mass is 16.2. The summed E-state index contributed by atoms with van der Waals surface area (Å²) in [6.07, 6.45) is 5.32. The fraction of sp³-hybridized carbons (Fsp3) is 0.412. The molecule has 0 aliphatic rings. The summed E-state index contributed by atoms with van der Waals surface area (Å²) in [6, 6.07) is 7.85. The van der Waals surface area contributed by atoms with Gasteiger partial charge in [0.25, 0.3) is 0 Å². The van der Waals surface area contributed by atoms with Crippen LogP contribution in [-0.4, -0.2) is 29.9 Å². The Kier molecular flexibility index (Phi) is 6.01. The van der Waals surface area contributed by atoms with Gasteiger partial charge in [-0.1, -0.05) is 38.0 Å². The lowest BCUT2D eigenvalue weighted by atomic mass is 10.1. The van der Waals surface area contributed by atoms with E-state index in [1.54, 1.807) is 0 Å². The molecule has 118 valence electrons. The number of nitrogens with one attached hydrogen (secondary N) is 3. The molecule has 22 heavy (non-hydrogen) atoms. The van der Waals surface area contributed by atoms with Gasteiger partial charge < -0.3 is 15.6 Å². The van der Waals surface area contributed by atoms with Crippen LogP contribution in [0.25, 0.3) is 10.9 Å². The van der Waals surface area contributed by atoms with Crippen molar-refractivity contribution in [2.24, 2.45) is 0 Å². The Balaban J connectivity index is 1.75. The summed E-state index contributed by atoms with van der Waals surface area (Å²) in [6.45, 7) is 2.82. The van der Waals surface area contributed by atoms with E-state index in [9.17, 15) is 9.59 Å². The van der Waals surface area contributed by atoms with Crippen LogP contribution in [0, 0.1) is 0 Å². The predicted octanol–water partition coefficient (Wildman–Crippen LogP) is 2.13. The highest BCUT2D eigenvalue weighted by Crippen LogP contribution is 2.17. The van der Waals surface area contributed by atoms with Gasteiger partial charge in [-0.05, 0) is 18.1 Å². The average molecular weight is 301 g/mol. The summed E-state index contributed by atoms with van der Waals surface area (Å²) < 4.78 is 0. The maximum absolute atomic E-state index is 11.9. The molecule has 0 saturated carbocycles. The van der Waals surface area contributed by atoms with Crippen LogP contribution < -0.4 is 10.6 Å². The molecule has 0 fully saturated rings. The van der Waals surface area contributed by atoms with E-state index in [0.29, 0.717) is 6.54 Å². The number of benzene rings is 1. The van der Waals surface area contributed by atoms with Crippen LogP contribution >= 0.6 is 0 Å². The summed E-state index contributed by atoms with van der Waals surface area (Å²) in [5.74, 6) is -0.281. The van der Waals surface area contributed by atoms with Crippen LogP contribution in [-0.2, 0) is 16.0 Å². The zero-order valence-electron chi connectivity index (χ0n) is 12.9. The molecule has 5 heteroatoms. The van der Waals surface area contributed by atoms with E-state index < -0.39 is 0 Å². The second-order valence-electron chi connectivity index (χ2n) is 5.37. The Hall–Kier alpha value is -2.30. The third-order valence-electron chi connectivity index (χ3n) is 3.57. The highest BCUT2D eigenvalue weighted by molar-refractivity contribution is 5.90. The maximum Gasteiger partial charge on any atom is 0.239 e. The molecule has 1 heterocycles. The predicted molar refractivity (Wildman–Crippen MR) is 87.5 cm³/mol. The highest BCUT2D eigenvalue weighted by Gasteiger charge is 2.09. The van der Waals surface area contributed by atoms with E-state index in [2.05, 4.69) is 22.5 Å². The first-order valence-corrected chi connectivity index (χ1v) is 7.79. The number of hydrogen-bond donors (Lipinski definition) is 3. The van der Waals surface area contributed by atoms with Crippen LogP contribution in [0.2, 0.25) is 0 Å². The van der Waals surface area contributed by atoms with Gasteiger partial charge in [-0.15, -0.1) is 0 Å². The normalized spacial score (nSPS) is 10.6. The standard InChI is InChI=1S/C17H23N3O2/c1-2-3-6-9-18-17(22)12-20-16(21)10-13-11-19-15-8-5-4-7-14(13)15/h4-5,7-8,11,19H,2-3,6,9-10,12H2,1H3,(H,18,22)(H,20,21). The number of carbonyl (C=O) groups is 2. The van der Waals surface area contributed by atoms with E-state index >= 15 is 0 Å². The van der Waals surface area contributed by atoms with Crippen LogP contribution in [0.5, 0.6) is 0 Å². The molecule has 1 aromatic heterocycles. The Morgan fingerprint density at radius 3 is 2.73 bits per heavy atom. The van der Waals surface area contributed by atoms with Crippen molar-refractivity contribution in [2.45, 2.75) is 32.6 Å². The number of fused-ring (bicyclic) bond motifs is 1. The van der Waals surface area contributed by atoms with Gasteiger partial charge in [-0.2, -0.15) is 0 Å². The molecule has 2 amide bonds. The van der Waals surface area contributed by atoms with Crippen LogP contribution in [0.4, 0.5) is 0 Å². The van der Waals surface area contributed by atoms with E-state index in [-0.39, 0.29) is 24.8 Å². The molecule has 1 aromatic carbocycles. The van der Waals surface area contributed by atoms with Crippen molar-refractivity contribution in [3.63, 3.8) is 0 Å². The van der Waals surface area contributed by atoms with E-state index in [1.165, 1.54) is 0 Å². The zero-order chi connectivity index (χ0) is 15.8. The SMILES string of the molecule is CCCCCNC(=O)CNC(=O)Cc1c[nH]c2ccccc12. The van der Waals surface area contributed by atoms with Crippen molar-refractivity contribution >= 4 is 22.7 Å². The first kappa shape index (κ1) is 16.1. The number of carbonyl (C=O) groups excluding carboxylic acids is 2. The summed E-state index contributed by atoms with van der Waals surface area (Å²) in [7, 11) is 0. The Bertz CT molecular complexity index is 634. The molecule has 2 rings (SSSR count). The topological polar surface area (TPSA) is 74.0 Å². The first-order valence-electron chi connectivity index (χ1n) is 7.79. The lowest BCUT2D eigenvalue weighted by Crippen LogP contribution is -2.37. The smallest absolute Gasteiger partial charge is 0.239 e. The minimum Gasteiger partial charge on any atom is -0.361 e. The molecule has 0 aliphatic carbocycles. The van der Waals surface area contributed by atoms with Crippen molar-refractivity contribution in [2.75, 3.05) is 13.1 Å². The second-order valence-corrected chi connectivity index (χ2v) is 5.37. The summed E-state index contributed by atoms with van der Waals surface area (Å²) in [5.41, 5.74) is 1.95. The number of H-pyrrole nitrogens is 1. The van der Waals surface area contributed by atoms with Crippen LogP contribution in [0.3, 0.4) is 0 Å². The van der Waals surface area contributed by atoms with E-state index in [1.807, 2.05) is 30.5 Å². The van der Waals surface area contributed by atoms with Crippen molar-refractivity contribution in [3.8, 4) is 0 Å². The monoisotopic (exact) mass is 301 g/mol. The minimum atomic E-state index is -0.145. The van der Waals surface area contributed by atoms with Gasteiger partial charge in [0.1, 0.15) is 0 Å². The van der Waals surface area contributed by atoms with E-state index in [0.717, 1.165) is 35.7 Å². The molecular formula is C17H23N3O2. The quantitative estimate of drug-likeness (QED) is 0.653. The molecule has 0 atom stereocenters. The van der Waals surface area contributed by atoms with Crippen molar-refractivity contribution in [3.05, 3.63) is 36.0 Å². The van der Waals surface area contributed by atoms with Gasteiger partial charge in [0.2, 0.25) is 11.8 Å². The molecule has 0 unspecified atom stereocenters. The van der Waals surface area contributed by atoms with E-state index in [4.69, 9.17) is 0 Å². The van der Waals surface area contributed by atoms with Gasteiger partial charge in [0.15, 0.2) is 0 Å². The number of aromatic nitrogens is 1. The van der Waals surface area contributed by atoms with Gasteiger partial charge in [-0.3, -0.25) is 9.59 Å². The number of unbranched alkanes of at least 4 members (excludes halogenated alkanes) is 2. The van der Waals surface area contributed by atoms with Gasteiger partial charge in [0.05, 0.1) is 13.0 Å². The molecule has 3 N–H and O–H groups in total. The molecule has 0 bridgehead atoms. The zero-order valence-corrected chi connectivity index (χ0v) is 12.9. The fourth-order valence-electron chi connectivity index (χ4n) is 2.36. The molecule has 0 radical (unpaired) electrons. The first-order chi connectivity index (χ1) is 10.7. The third kappa shape index (κ3) is 4.62. The number of hydrogen-bond acceptors (Lipinski definition) is 2. The molecule has 0 aliphatic heterocycles. The second kappa shape index (κ2) is 8.22. The molecule has 0 saturated heterocycles. The van der Waals surface area contributed by atoms with Crippen molar-refractivity contribution in [1.29, 1.82) is 0 Å². The Morgan fingerprint density at radius 1 is 1.09 bits per heavy atom. The number of rotatable bonds is 8. The third-order valence-corrected chi connectivity index (χ3v) is 3.57. The fourth-order valence-corrected chi connectivity index (χ4v) is 2.36. The molecular weight excluding hydrogens is 278 g/mol. The number of amides is 2. The Labute approximate surface area is 130 Å². The summed E-state index contributed by atoms with van der Waals surface area (Å²) in [4.78, 5) is 26.7. The molecule has 0 spiro atoms. The van der Waals surface area contributed by atoms with Crippen LogP contribution in [0.1, 0.15) is 31.7 Å². The lowest BCUT2D eigenvalue weighted by molar-refractivity contribution is -0.125. The lowest BCUT2D eigenvalue weighted by Gasteiger charge is -2.06. The average Bonchev–Trinajstić information content (AvgIpc) is 2.93. The molecule has 2 aromatic rings. The number of para-hydroxylation sites is 1. The molecule has 5 nitrogen and oxygen atoms in total. The van der Waals surface area contributed by atoms with Crippen LogP contribution in [0.15, 0.2) is 30.5 Å². The largest absolute Gasteiger partial charge is 0.361 e. The number of aromatic amines is 1. The van der Waals surface area contributed by atoms with Crippen molar-refractivity contribution in [1.82, 2.24) is 15.6 Å². The van der Waals surface area contributed by atoms with Gasteiger partial charge in [0, 0.05) is 23.6 Å². The maximum atomic E-state index is 11.9. The summed E-state index contributed by atoms with van der Waals surface area (Å²) in [5, 5.41) is 6.51. The van der Waals surface area contributed by atoms with Gasteiger partial charge >= 0.3 is 0 Å². The Morgan fingerprint density at radius 2 is 1.91 bits per heavy atom.